The number of hydrogen-bond donors (Lipinski definition) is 1. The molecular formula is C29H33N5. The Morgan fingerprint density at radius 1 is 0.882 bits per heavy atom. The summed E-state index contributed by atoms with van der Waals surface area (Å²) in [4.78, 5) is 13.8. The lowest BCUT2D eigenvalue weighted by Crippen LogP contribution is -2.53. The van der Waals surface area contributed by atoms with E-state index in [1.807, 2.05) is 24.5 Å². The molecule has 0 saturated carbocycles. The molecule has 2 aliphatic heterocycles. The zero-order chi connectivity index (χ0) is 23.5. The fraction of sp³-hybridized carbons (Fsp3) is 0.310. The summed E-state index contributed by atoms with van der Waals surface area (Å²) in [7, 11) is 2.12. The maximum Gasteiger partial charge on any atom is 0.201 e. The van der Waals surface area contributed by atoms with E-state index in [0.717, 1.165) is 43.4 Å². The summed E-state index contributed by atoms with van der Waals surface area (Å²) in [6, 6.07) is 22.3. The number of aliphatic imine (C=N–C) groups is 1. The largest absolute Gasteiger partial charge is 0.342 e. The topological polar surface area (TPSA) is 43.8 Å². The van der Waals surface area contributed by atoms with E-state index in [-0.39, 0.29) is 6.04 Å². The molecule has 5 nitrogen and oxygen atoms in total. The average molecular weight is 452 g/mol. The van der Waals surface area contributed by atoms with Crippen LogP contribution in [0.2, 0.25) is 0 Å². The van der Waals surface area contributed by atoms with Gasteiger partial charge in [0.05, 0.1) is 5.70 Å². The van der Waals surface area contributed by atoms with E-state index in [2.05, 4.69) is 95.6 Å². The molecule has 1 aromatic heterocycles. The first-order valence-corrected chi connectivity index (χ1v) is 12.2. The summed E-state index contributed by atoms with van der Waals surface area (Å²) in [5.41, 5.74) is 7.36. The number of piperazine rings is 1. The van der Waals surface area contributed by atoms with Crippen LogP contribution in [-0.2, 0) is 0 Å². The summed E-state index contributed by atoms with van der Waals surface area (Å²) >= 11 is 0. The molecule has 0 aliphatic carbocycles. The van der Waals surface area contributed by atoms with E-state index in [4.69, 9.17) is 4.99 Å². The molecule has 5 heteroatoms. The molecule has 1 fully saturated rings. The Labute approximate surface area is 202 Å². The van der Waals surface area contributed by atoms with Crippen molar-refractivity contribution in [3.05, 3.63) is 95.8 Å². The van der Waals surface area contributed by atoms with Crippen LogP contribution in [0, 0.1) is 0 Å². The van der Waals surface area contributed by atoms with Crippen LogP contribution >= 0.6 is 0 Å². The molecule has 5 rings (SSSR count). The average Bonchev–Trinajstić information content (AvgIpc) is 2.90. The SMILES string of the molecule is CC(C)c1ccc(-c2ccc([C@H]3CN(C4=NC(c5ccncc5)=CCN4C)CCN3)cc2)cc1. The smallest absolute Gasteiger partial charge is 0.201 e. The van der Waals surface area contributed by atoms with Crippen molar-refractivity contribution in [3.63, 3.8) is 0 Å². The molecule has 1 N–H and O–H groups in total. The van der Waals surface area contributed by atoms with Gasteiger partial charge in [0.1, 0.15) is 0 Å². The monoisotopic (exact) mass is 451 g/mol. The number of likely N-dealkylation sites (N-methyl/N-ethyl adjacent to an activating group) is 1. The van der Waals surface area contributed by atoms with Gasteiger partial charge in [0, 0.05) is 57.2 Å². The van der Waals surface area contributed by atoms with E-state index >= 15 is 0 Å². The molecule has 0 bridgehead atoms. The van der Waals surface area contributed by atoms with Crippen LogP contribution < -0.4 is 5.32 Å². The van der Waals surface area contributed by atoms with Crippen molar-refractivity contribution in [3.8, 4) is 11.1 Å². The van der Waals surface area contributed by atoms with Crippen LogP contribution in [0.4, 0.5) is 0 Å². The molecule has 3 aromatic rings. The minimum atomic E-state index is 0.275. The van der Waals surface area contributed by atoms with Gasteiger partial charge >= 0.3 is 0 Å². The molecule has 0 radical (unpaired) electrons. The molecule has 1 saturated heterocycles. The standard InChI is InChI=1S/C29H33N5/c1-21(2)22-4-6-23(7-5-22)24-8-10-25(11-9-24)28-20-34(19-17-31-28)29-32-27(14-18-33(29)3)26-12-15-30-16-13-26/h4-16,21,28,31H,17-20H2,1-3H3/t28-/m1/s1. The minimum Gasteiger partial charge on any atom is -0.342 e. The lowest BCUT2D eigenvalue weighted by atomic mass is 9.97. The van der Waals surface area contributed by atoms with Gasteiger partial charge in [-0.25, -0.2) is 4.99 Å². The Bertz CT molecular complexity index is 1160. The number of guanidine groups is 1. The van der Waals surface area contributed by atoms with Gasteiger partial charge < -0.3 is 15.1 Å². The number of nitrogens with zero attached hydrogens (tertiary/aromatic N) is 4. The number of benzene rings is 2. The number of pyridine rings is 1. The lowest BCUT2D eigenvalue weighted by molar-refractivity contribution is 0.266. The number of hydrogen-bond acceptors (Lipinski definition) is 5. The summed E-state index contributed by atoms with van der Waals surface area (Å²) in [6.07, 6.45) is 5.84. The summed E-state index contributed by atoms with van der Waals surface area (Å²) in [5.74, 6) is 1.60. The van der Waals surface area contributed by atoms with Crippen molar-refractivity contribution in [1.29, 1.82) is 0 Å². The molecular weight excluding hydrogens is 418 g/mol. The number of rotatable bonds is 4. The van der Waals surface area contributed by atoms with Crippen molar-refractivity contribution < 1.29 is 0 Å². The Morgan fingerprint density at radius 3 is 2.24 bits per heavy atom. The number of aromatic nitrogens is 1. The maximum atomic E-state index is 5.03. The van der Waals surface area contributed by atoms with Gasteiger partial charge in [0.2, 0.25) is 5.96 Å². The Morgan fingerprint density at radius 2 is 1.56 bits per heavy atom. The van der Waals surface area contributed by atoms with Crippen LogP contribution in [-0.4, -0.2) is 54.0 Å². The molecule has 34 heavy (non-hydrogen) atoms. The first-order chi connectivity index (χ1) is 16.6. The predicted octanol–water partition coefficient (Wildman–Crippen LogP) is 5.16. The zero-order valence-electron chi connectivity index (χ0n) is 20.3. The van der Waals surface area contributed by atoms with E-state index in [0.29, 0.717) is 5.92 Å². The summed E-state index contributed by atoms with van der Waals surface area (Å²) < 4.78 is 0. The second-order valence-electron chi connectivity index (χ2n) is 9.47. The van der Waals surface area contributed by atoms with Gasteiger partial charge in [-0.3, -0.25) is 4.98 Å². The van der Waals surface area contributed by atoms with Gasteiger partial charge in [-0.2, -0.15) is 0 Å². The van der Waals surface area contributed by atoms with Crippen molar-refractivity contribution in [2.75, 3.05) is 33.2 Å². The van der Waals surface area contributed by atoms with Crippen LogP contribution in [0.25, 0.3) is 16.8 Å². The second-order valence-corrected chi connectivity index (χ2v) is 9.47. The highest BCUT2D eigenvalue weighted by atomic mass is 15.4. The fourth-order valence-corrected chi connectivity index (χ4v) is 4.68. The lowest BCUT2D eigenvalue weighted by Gasteiger charge is -2.39. The molecule has 2 aromatic carbocycles. The Hall–Kier alpha value is -3.44. The van der Waals surface area contributed by atoms with Crippen LogP contribution in [0.15, 0.2) is 84.1 Å². The van der Waals surface area contributed by atoms with Crippen LogP contribution in [0.5, 0.6) is 0 Å². The predicted molar refractivity (Wildman–Crippen MR) is 141 cm³/mol. The first-order valence-electron chi connectivity index (χ1n) is 12.2. The molecule has 3 heterocycles. The second kappa shape index (κ2) is 9.82. The zero-order valence-corrected chi connectivity index (χ0v) is 20.3. The molecule has 2 aliphatic rings. The third-order valence-corrected chi connectivity index (χ3v) is 6.78. The molecule has 174 valence electrons. The van der Waals surface area contributed by atoms with Gasteiger partial charge in [0.25, 0.3) is 0 Å². The summed E-state index contributed by atoms with van der Waals surface area (Å²) in [5, 5.41) is 3.70. The Balaban J connectivity index is 1.31. The maximum absolute atomic E-state index is 5.03. The van der Waals surface area contributed by atoms with Gasteiger partial charge in [-0.15, -0.1) is 0 Å². The highest BCUT2D eigenvalue weighted by molar-refractivity contribution is 5.88. The third kappa shape index (κ3) is 4.75. The normalized spacial score (nSPS) is 18.6. The van der Waals surface area contributed by atoms with Crippen molar-refractivity contribution in [2.24, 2.45) is 4.99 Å². The highest BCUT2D eigenvalue weighted by Crippen LogP contribution is 2.27. The van der Waals surface area contributed by atoms with Gasteiger partial charge in [0.15, 0.2) is 0 Å². The molecule has 0 amide bonds. The van der Waals surface area contributed by atoms with E-state index in [9.17, 15) is 0 Å². The minimum absolute atomic E-state index is 0.275. The molecule has 1 atom stereocenters. The van der Waals surface area contributed by atoms with E-state index in [1.54, 1.807) is 0 Å². The van der Waals surface area contributed by atoms with Crippen LogP contribution in [0.1, 0.15) is 42.5 Å². The van der Waals surface area contributed by atoms with E-state index < -0.39 is 0 Å². The molecule has 0 unspecified atom stereocenters. The van der Waals surface area contributed by atoms with Crippen LogP contribution in [0.3, 0.4) is 0 Å². The van der Waals surface area contributed by atoms with Crippen molar-refractivity contribution in [1.82, 2.24) is 20.1 Å². The van der Waals surface area contributed by atoms with E-state index in [1.165, 1.54) is 22.3 Å². The van der Waals surface area contributed by atoms with Gasteiger partial charge in [-0.05, 0) is 46.4 Å². The highest BCUT2D eigenvalue weighted by Gasteiger charge is 2.26. The summed E-state index contributed by atoms with van der Waals surface area (Å²) in [6.45, 7) is 8.10. The molecule has 0 spiro atoms. The van der Waals surface area contributed by atoms with Gasteiger partial charge in [-0.1, -0.05) is 62.4 Å². The third-order valence-electron chi connectivity index (χ3n) is 6.78. The first kappa shape index (κ1) is 22.4. The fourth-order valence-electron chi connectivity index (χ4n) is 4.68. The van der Waals surface area contributed by atoms with Crippen molar-refractivity contribution >= 4 is 11.7 Å². The van der Waals surface area contributed by atoms with Crippen molar-refractivity contribution in [2.45, 2.75) is 25.8 Å². The number of nitrogens with one attached hydrogen (secondary N) is 1. The Kier molecular flexibility index (Phi) is 6.45. The quantitative estimate of drug-likeness (QED) is 0.595.